The fourth-order valence-corrected chi connectivity index (χ4v) is 5.46. The molecule has 50 heavy (non-hydrogen) atoms. The summed E-state index contributed by atoms with van der Waals surface area (Å²) in [6, 6.07) is 12.6. The first-order valence-electron chi connectivity index (χ1n) is 17.7. The Kier molecular flexibility index (Phi) is 15.6. The van der Waals surface area contributed by atoms with E-state index in [0.29, 0.717) is 29.9 Å². The molecular weight excluding hydrogens is 630 g/mol. The predicted octanol–water partition coefficient (Wildman–Crippen LogP) is 7.37. The van der Waals surface area contributed by atoms with Crippen molar-refractivity contribution in [1.29, 1.82) is 0 Å². The Balaban J connectivity index is 2.75. The summed E-state index contributed by atoms with van der Waals surface area (Å²) in [6.07, 6.45) is 7.07. The zero-order valence-corrected chi connectivity index (χ0v) is 32.0. The minimum atomic E-state index is -1.18. The highest BCUT2D eigenvalue weighted by Gasteiger charge is 2.41. The quantitative estimate of drug-likeness (QED) is 0.149. The number of alkyl carbamates (subject to hydrolysis) is 1. The first-order valence-corrected chi connectivity index (χ1v) is 17.7. The van der Waals surface area contributed by atoms with Gasteiger partial charge in [0.2, 0.25) is 11.8 Å². The SMILES string of the molecule is C#Cc1ccc(C(C(=O)NC(Cc2ccccc2)C(=O)OC(C)(C)C)N(C(=O)C(NC(=O)OC(C)(C)C)C(C)CC)C(C)CCC(C)C)cc1. The second-order valence-corrected chi connectivity index (χ2v) is 15.5. The average Bonchev–Trinajstić information content (AvgIpc) is 3.02. The summed E-state index contributed by atoms with van der Waals surface area (Å²) < 4.78 is 11.3. The summed E-state index contributed by atoms with van der Waals surface area (Å²) in [6.45, 7) is 20.5. The van der Waals surface area contributed by atoms with Crippen LogP contribution in [-0.2, 0) is 30.3 Å². The minimum absolute atomic E-state index is 0.177. The predicted molar refractivity (Wildman–Crippen MR) is 198 cm³/mol. The lowest BCUT2D eigenvalue weighted by molar-refractivity contribution is -0.159. The summed E-state index contributed by atoms with van der Waals surface area (Å²) in [4.78, 5) is 58.0. The third-order valence-electron chi connectivity index (χ3n) is 8.25. The van der Waals surface area contributed by atoms with Gasteiger partial charge in [-0.05, 0) is 96.4 Å². The number of ether oxygens (including phenoxy) is 2. The number of terminal acetylenes is 1. The number of nitrogens with one attached hydrogen (secondary N) is 2. The van der Waals surface area contributed by atoms with Gasteiger partial charge in [-0.2, -0.15) is 0 Å². The molecule has 0 saturated heterocycles. The number of amides is 3. The fraction of sp³-hybridized carbons (Fsp3) is 0.561. The lowest BCUT2D eigenvalue weighted by atomic mass is 9.92. The number of hydrogen-bond donors (Lipinski definition) is 2. The third kappa shape index (κ3) is 13.5. The van der Waals surface area contributed by atoms with E-state index in [0.717, 1.165) is 12.0 Å². The van der Waals surface area contributed by atoms with Crippen molar-refractivity contribution in [2.24, 2.45) is 11.8 Å². The molecule has 0 radical (unpaired) electrons. The molecule has 274 valence electrons. The van der Waals surface area contributed by atoms with E-state index in [1.807, 2.05) is 51.1 Å². The second kappa shape index (κ2) is 18.6. The number of nitrogens with zero attached hydrogens (tertiary/aromatic N) is 1. The Morgan fingerprint density at radius 3 is 1.90 bits per heavy atom. The molecule has 0 bridgehead atoms. The zero-order valence-electron chi connectivity index (χ0n) is 32.0. The van der Waals surface area contributed by atoms with E-state index in [9.17, 15) is 19.2 Å². The van der Waals surface area contributed by atoms with Crippen LogP contribution in [0.5, 0.6) is 0 Å². The molecule has 0 aromatic heterocycles. The molecule has 0 aliphatic rings. The van der Waals surface area contributed by atoms with Crippen molar-refractivity contribution in [1.82, 2.24) is 15.5 Å². The van der Waals surface area contributed by atoms with Gasteiger partial charge in [0.15, 0.2) is 0 Å². The topological polar surface area (TPSA) is 114 Å². The maximum Gasteiger partial charge on any atom is 0.408 e. The highest BCUT2D eigenvalue weighted by atomic mass is 16.6. The van der Waals surface area contributed by atoms with Crippen molar-refractivity contribution in [3.05, 3.63) is 71.3 Å². The van der Waals surface area contributed by atoms with Gasteiger partial charge >= 0.3 is 12.1 Å². The Labute approximate surface area is 300 Å². The number of benzene rings is 2. The first-order chi connectivity index (χ1) is 23.3. The van der Waals surface area contributed by atoms with Crippen LogP contribution < -0.4 is 10.6 Å². The maximum absolute atomic E-state index is 14.9. The summed E-state index contributed by atoms with van der Waals surface area (Å²) in [7, 11) is 0. The van der Waals surface area contributed by atoms with E-state index < -0.39 is 59.2 Å². The van der Waals surface area contributed by atoms with Gasteiger partial charge in [-0.15, -0.1) is 6.42 Å². The van der Waals surface area contributed by atoms with E-state index in [4.69, 9.17) is 15.9 Å². The van der Waals surface area contributed by atoms with Crippen LogP contribution in [-0.4, -0.2) is 58.1 Å². The standard InChI is InChI=1S/C41H59N3O6/c1-13-28(5)34(43-39(48)50-41(10,11)12)37(46)44(29(6)21-20-27(3)4)35(32-24-22-30(14-2)23-25-32)36(45)42-33(38(47)49-40(7,8)9)26-31-18-16-15-17-19-31/h2,15-19,22-25,27-29,33-35H,13,20-21,26H2,1,3-12H3,(H,42,45)(H,43,48). The molecule has 2 rings (SSSR count). The molecule has 0 aliphatic carbocycles. The van der Waals surface area contributed by atoms with Crippen molar-refractivity contribution < 1.29 is 28.7 Å². The summed E-state index contributed by atoms with van der Waals surface area (Å²) in [5.74, 6) is 1.06. The van der Waals surface area contributed by atoms with E-state index >= 15 is 0 Å². The molecule has 0 fully saturated rings. The average molecular weight is 690 g/mol. The van der Waals surface area contributed by atoms with E-state index in [1.54, 1.807) is 70.7 Å². The minimum Gasteiger partial charge on any atom is -0.458 e. The molecule has 5 unspecified atom stereocenters. The molecule has 2 aromatic rings. The molecule has 2 aromatic carbocycles. The lowest BCUT2D eigenvalue weighted by Gasteiger charge is -2.40. The number of esters is 1. The van der Waals surface area contributed by atoms with Gasteiger partial charge in [0.05, 0.1) is 0 Å². The van der Waals surface area contributed by atoms with Crippen LogP contribution in [0.25, 0.3) is 0 Å². The molecule has 0 aliphatic heterocycles. The summed E-state index contributed by atoms with van der Waals surface area (Å²) in [5.41, 5.74) is 0.363. The van der Waals surface area contributed by atoms with Crippen LogP contribution in [0.15, 0.2) is 54.6 Å². The normalized spacial score (nSPS) is 14.7. The summed E-state index contributed by atoms with van der Waals surface area (Å²) >= 11 is 0. The number of hydrogen-bond acceptors (Lipinski definition) is 6. The third-order valence-corrected chi connectivity index (χ3v) is 8.25. The molecular formula is C41H59N3O6. The first kappa shape index (κ1) is 41.8. The van der Waals surface area contributed by atoms with E-state index in [-0.39, 0.29) is 12.3 Å². The molecule has 2 N–H and O–H groups in total. The van der Waals surface area contributed by atoms with Gasteiger partial charge < -0.3 is 25.0 Å². The van der Waals surface area contributed by atoms with Crippen LogP contribution in [0.4, 0.5) is 4.79 Å². The van der Waals surface area contributed by atoms with E-state index in [1.165, 1.54) is 0 Å². The highest BCUT2D eigenvalue weighted by Crippen LogP contribution is 2.30. The second-order valence-electron chi connectivity index (χ2n) is 15.5. The van der Waals surface area contributed by atoms with Gasteiger partial charge in [-0.3, -0.25) is 9.59 Å². The molecule has 0 spiro atoms. The van der Waals surface area contributed by atoms with Crippen LogP contribution >= 0.6 is 0 Å². The zero-order chi connectivity index (χ0) is 37.8. The molecule has 0 saturated carbocycles. The van der Waals surface area contributed by atoms with Gasteiger partial charge in [-0.25, -0.2) is 9.59 Å². The monoisotopic (exact) mass is 689 g/mol. The fourth-order valence-electron chi connectivity index (χ4n) is 5.46. The van der Waals surface area contributed by atoms with E-state index in [2.05, 4.69) is 30.4 Å². The smallest absolute Gasteiger partial charge is 0.408 e. The molecule has 5 atom stereocenters. The van der Waals surface area contributed by atoms with Crippen LogP contribution in [0.2, 0.25) is 0 Å². The van der Waals surface area contributed by atoms with Crippen molar-refractivity contribution in [2.75, 3.05) is 0 Å². The van der Waals surface area contributed by atoms with Gasteiger partial charge in [0, 0.05) is 18.0 Å². The number of rotatable bonds is 15. The number of carbonyl (C=O) groups is 4. The van der Waals surface area contributed by atoms with Crippen molar-refractivity contribution >= 4 is 23.9 Å². The molecule has 9 heteroatoms. The van der Waals surface area contributed by atoms with Crippen molar-refractivity contribution in [3.63, 3.8) is 0 Å². The van der Waals surface area contributed by atoms with Crippen LogP contribution in [0.3, 0.4) is 0 Å². The highest BCUT2D eigenvalue weighted by molar-refractivity contribution is 5.94. The molecule has 9 nitrogen and oxygen atoms in total. The van der Waals surface area contributed by atoms with Gasteiger partial charge in [-0.1, -0.05) is 82.5 Å². The Morgan fingerprint density at radius 2 is 1.40 bits per heavy atom. The molecule has 0 heterocycles. The van der Waals surface area contributed by atoms with Gasteiger partial charge in [0.25, 0.3) is 0 Å². The largest absolute Gasteiger partial charge is 0.458 e. The Morgan fingerprint density at radius 1 is 0.820 bits per heavy atom. The Bertz CT molecular complexity index is 1450. The molecule has 3 amide bonds. The maximum atomic E-state index is 14.9. The van der Waals surface area contributed by atoms with Crippen molar-refractivity contribution in [3.8, 4) is 12.3 Å². The van der Waals surface area contributed by atoms with Gasteiger partial charge in [0.1, 0.15) is 29.3 Å². The van der Waals surface area contributed by atoms with Crippen LogP contribution in [0.1, 0.15) is 118 Å². The van der Waals surface area contributed by atoms with Crippen LogP contribution in [0, 0.1) is 24.2 Å². The summed E-state index contributed by atoms with van der Waals surface area (Å²) in [5, 5.41) is 5.78. The van der Waals surface area contributed by atoms with Crippen molar-refractivity contribution in [2.45, 2.75) is 137 Å². The lowest BCUT2D eigenvalue weighted by Crippen LogP contribution is -2.58. The Hall–Kier alpha value is -4.32. The number of carbonyl (C=O) groups excluding carboxylic acids is 4.